The number of hydrogen-bond acceptors (Lipinski definition) is 3. The van der Waals surface area contributed by atoms with E-state index in [1.807, 2.05) is 39.3 Å². The van der Waals surface area contributed by atoms with Gasteiger partial charge in [0, 0.05) is 18.7 Å². The third-order valence-corrected chi connectivity index (χ3v) is 3.98. The van der Waals surface area contributed by atoms with Gasteiger partial charge in [0.25, 0.3) is 0 Å². The van der Waals surface area contributed by atoms with Gasteiger partial charge < -0.3 is 10.0 Å². The van der Waals surface area contributed by atoms with Crippen molar-refractivity contribution in [1.29, 1.82) is 0 Å². The number of thioether (sulfide) groups is 1. The standard InChI is InChI=1S/C14H21NO2S/c1-10(9-18-4)14(17)15(3)11(2)12-5-7-13(16)8-6-12/h5-8,10-11,16H,9H2,1-4H3. The van der Waals surface area contributed by atoms with Crippen LogP contribution in [0.1, 0.15) is 25.5 Å². The molecular formula is C14H21NO2S. The molecule has 0 bridgehead atoms. The predicted molar refractivity (Wildman–Crippen MR) is 76.8 cm³/mol. The first-order chi connectivity index (χ1) is 8.47. The van der Waals surface area contributed by atoms with Crippen LogP contribution in [-0.2, 0) is 4.79 Å². The second-order valence-corrected chi connectivity index (χ2v) is 5.48. The minimum absolute atomic E-state index is 0.0161. The molecule has 1 N–H and O–H groups in total. The molecule has 0 fully saturated rings. The minimum atomic E-state index is 0.0161. The molecule has 1 aromatic rings. The molecule has 0 saturated heterocycles. The van der Waals surface area contributed by atoms with Crippen molar-refractivity contribution in [3.8, 4) is 5.75 Å². The molecule has 0 radical (unpaired) electrons. The first-order valence-electron chi connectivity index (χ1n) is 6.02. The van der Waals surface area contributed by atoms with Crippen molar-refractivity contribution < 1.29 is 9.90 Å². The number of benzene rings is 1. The van der Waals surface area contributed by atoms with Gasteiger partial charge in [0.15, 0.2) is 0 Å². The molecular weight excluding hydrogens is 246 g/mol. The smallest absolute Gasteiger partial charge is 0.226 e. The normalized spacial score (nSPS) is 14.0. The lowest BCUT2D eigenvalue weighted by Crippen LogP contribution is -2.34. The fraction of sp³-hybridized carbons (Fsp3) is 0.500. The molecule has 2 unspecified atom stereocenters. The lowest BCUT2D eigenvalue weighted by molar-refractivity contribution is -0.134. The van der Waals surface area contributed by atoms with Gasteiger partial charge in [-0.1, -0.05) is 19.1 Å². The number of phenols is 1. The summed E-state index contributed by atoms with van der Waals surface area (Å²) in [5.74, 6) is 1.27. The largest absolute Gasteiger partial charge is 0.508 e. The molecule has 2 atom stereocenters. The van der Waals surface area contributed by atoms with Gasteiger partial charge in [0.1, 0.15) is 5.75 Å². The predicted octanol–water partition coefficient (Wildman–Crippen LogP) is 2.91. The van der Waals surface area contributed by atoms with E-state index in [-0.39, 0.29) is 23.6 Å². The Bertz CT molecular complexity index is 391. The zero-order chi connectivity index (χ0) is 13.7. The van der Waals surface area contributed by atoms with Gasteiger partial charge >= 0.3 is 0 Å². The molecule has 0 aliphatic heterocycles. The van der Waals surface area contributed by atoms with Crippen molar-refractivity contribution in [2.45, 2.75) is 19.9 Å². The topological polar surface area (TPSA) is 40.5 Å². The number of carbonyl (C=O) groups is 1. The first kappa shape index (κ1) is 14.9. The van der Waals surface area contributed by atoms with Gasteiger partial charge in [-0.3, -0.25) is 4.79 Å². The summed E-state index contributed by atoms with van der Waals surface area (Å²) in [5, 5.41) is 9.26. The zero-order valence-electron chi connectivity index (χ0n) is 11.4. The van der Waals surface area contributed by atoms with E-state index in [9.17, 15) is 9.90 Å². The van der Waals surface area contributed by atoms with Crippen molar-refractivity contribution in [1.82, 2.24) is 4.90 Å². The van der Waals surface area contributed by atoms with Crippen molar-refractivity contribution in [3.63, 3.8) is 0 Å². The van der Waals surface area contributed by atoms with Crippen molar-refractivity contribution >= 4 is 17.7 Å². The molecule has 3 nitrogen and oxygen atoms in total. The van der Waals surface area contributed by atoms with Crippen LogP contribution in [0.25, 0.3) is 0 Å². The van der Waals surface area contributed by atoms with E-state index in [4.69, 9.17) is 0 Å². The van der Waals surface area contributed by atoms with Crippen LogP contribution in [0.15, 0.2) is 24.3 Å². The molecule has 0 spiro atoms. The van der Waals surface area contributed by atoms with Crippen LogP contribution >= 0.6 is 11.8 Å². The quantitative estimate of drug-likeness (QED) is 0.891. The maximum Gasteiger partial charge on any atom is 0.226 e. The number of rotatable bonds is 5. The van der Waals surface area contributed by atoms with Crippen LogP contribution in [0.4, 0.5) is 0 Å². The SMILES string of the molecule is CSCC(C)C(=O)N(C)C(C)c1ccc(O)cc1. The Morgan fingerprint density at radius 2 is 1.89 bits per heavy atom. The van der Waals surface area contributed by atoms with Crippen LogP contribution in [0.5, 0.6) is 5.75 Å². The molecule has 18 heavy (non-hydrogen) atoms. The summed E-state index contributed by atoms with van der Waals surface area (Å²) in [7, 11) is 1.83. The number of aromatic hydroxyl groups is 1. The first-order valence-corrected chi connectivity index (χ1v) is 7.41. The van der Waals surface area contributed by atoms with Crippen molar-refractivity contribution in [2.75, 3.05) is 19.1 Å². The van der Waals surface area contributed by atoms with E-state index in [1.165, 1.54) is 0 Å². The monoisotopic (exact) mass is 267 g/mol. The number of carbonyl (C=O) groups excluding carboxylic acids is 1. The van der Waals surface area contributed by atoms with Crippen LogP contribution < -0.4 is 0 Å². The Morgan fingerprint density at radius 3 is 2.39 bits per heavy atom. The van der Waals surface area contributed by atoms with Gasteiger partial charge in [-0.2, -0.15) is 11.8 Å². The molecule has 0 aliphatic carbocycles. The molecule has 1 amide bonds. The van der Waals surface area contributed by atoms with E-state index in [1.54, 1.807) is 28.8 Å². The molecule has 0 aromatic heterocycles. The lowest BCUT2D eigenvalue weighted by atomic mass is 10.1. The highest BCUT2D eigenvalue weighted by Gasteiger charge is 2.22. The third-order valence-electron chi connectivity index (χ3n) is 3.14. The number of amides is 1. The average molecular weight is 267 g/mol. The van der Waals surface area contributed by atoms with Gasteiger partial charge in [0.2, 0.25) is 5.91 Å². The summed E-state index contributed by atoms with van der Waals surface area (Å²) >= 11 is 1.68. The number of hydrogen-bond donors (Lipinski definition) is 1. The van der Waals surface area contributed by atoms with Gasteiger partial charge in [-0.05, 0) is 30.9 Å². The Hall–Kier alpha value is -1.16. The Kier molecular flexibility index (Phi) is 5.54. The summed E-state index contributed by atoms with van der Waals surface area (Å²) in [4.78, 5) is 13.9. The fourth-order valence-corrected chi connectivity index (χ4v) is 2.48. The molecule has 1 rings (SSSR count). The molecule has 100 valence electrons. The van der Waals surface area contributed by atoms with E-state index < -0.39 is 0 Å². The van der Waals surface area contributed by atoms with Gasteiger partial charge in [-0.15, -0.1) is 0 Å². The number of nitrogens with zero attached hydrogens (tertiary/aromatic N) is 1. The molecule has 4 heteroatoms. The fourth-order valence-electron chi connectivity index (χ4n) is 1.84. The molecule has 0 saturated carbocycles. The molecule has 0 heterocycles. The molecule has 0 aliphatic rings. The highest BCUT2D eigenvalue weighted by atomic mass is 32.2. The van der Waals surface area contributed by atoms with Crippen LogP contribution in [0.3, 0.4) is 0 Å². The van der Waals surface area contributed by atoms with E-state index >= 15 is 0 Å². The van der Waals surface area contributed by atoms with Crippen LogP contribution in [0.2, 0.25) is 0 Å². The van der Waals surface area contributed by atoms with Gasteiger partial charge in [-0.25, -0.2) is 0 Å². The Labute approximate surface area is 113 Å². The van der Waals surface area contributed by atoms with E-state index in [2.05, 4.69) is 0 Å². The summed E-state index contributed by atoms with van der Waals surface area (Å²) < 4.78 is 0. The second-order valence-electron chi connectivity index (χ2n) is 4.57. The summed E-state index contributed by atoms with van der Waals surface area (Å²) in [6.07, 6.45) is 2.01. The lowest BCUT2D eigenvalue weighted by Gasteiger charge is -2.28. The zero-order valence-corrected chi connectivity index (χ0v) is 12.2. The van der Waals surface area contributed by atoms with Crippen LogP contribution in [-0.4, -0.2) is 35.0 Å². The maximum absolute atomic E-state index is 12.2. The summed E-state index contributed by atoms with van der Waals surface area (Å²) in [6, 6.07) is 7.01. The molecule has 1 aromatic carbocycles. The summed E-state index contributed by atoms with van der Waals surface area (Å²) in [5.41, 5.74) is 1.03. The maximum atomic E-state index is 12.2. The third kappa shape index (κ3) is 3.67. The minimum Gasteiger partial charge on any atom is -0.508 e. The second kappa shape index (κ2) is 6.69. The van der Waals surface area contributed by atoms with Gasteiger partial charge in [0.05, 0.1) is 6.04 Å². The summed E-state index contributed by atoms with van der Waals surface area (Å²) in [6.45, 7) is 3.95. The van der Waals surface area contributed by atoms with Crippen molar-refractivity contribution in [3.05, 3.63) is 29.8 Å². The highest BCUT2D eigenvalue weighted by molar-refractivity contribution is 7.98. The Morgan fingerprint density at radius 1 is 1.33 bits per heavy atom. The highest BCUT2D eigenvalue weighted by Crippen LogP contribution is 2.23. The van der Waals surface area contributed by atoms with Crippen molar-refractivity contribution in [2.24, 2.45) is 5.92 Å². The van der Waals surface area contributed by atoms with Crippen LogP contribution in [0, 0.1) is 5.92 Å². The average Bonchev–Trinajstić information content (AvgIpc) is 2.37. The van der Waals surface area contributed by atoms with E-state index in [0.717, 1.165) is 11.3 Å². The van der Waals surface area contributed by atoms with E-state index in [0.29, 0.717) is 0 Å². The Balaban J connectivity index is 2.74. The number of phenolic OH excluding ortho intramolecular Hbond substituents is 1.